The Morgan fingerprint density at radius 2 is 1.82 bits per heavy atom. The highest BCUT2D eigenvalue weighted by Gasteiger charge is 2.20. The fraction of sp³-hybridized carbons (Fsp3) is 0.136. The second kappa shape index (κ2) is 8.10. The molecule has 10 nitrogen and oxygen atoms in total. The molecule has 2 aromatic heterocycles. The lowest BCUT2D eigenvalue weighted by atomic mass is 10.1. The van der Waals surface area contributed by atoms with Crippen molar-refractivity contribution in [2.45, 2.75) is 18.7 Å². The Morgan fingerprint density at radius 1 is 1.00 bits per heavy atom. The van der Waals surface area contributed by atoms with E-state index in [0.717, 1.165) is 5.56 Å². The van der Waals surface area contributed by atoms with Gasteiger partial charge in [0.15, 0.2) is 11.5 Å². The second-order valence-electron chi connectivity index (χ2n) is 7.30. The van der Waals surface area contributed by atoms with E-state index in [1.807, 2.05) is 18.2 Å². The number of hydrogen-bond acceptors (Lipinski definition) is 9. The van der Waals surface area contributed by atoms with Crippen LogP contribution in [0.25, 0.3) is 11.3 Å². The molecule has 0 fully saturated rings. The largest absolute Gasteiger partial charge is 0.454 e. The molecule has 0 unspecified atom stereocenters. The number of sulfonamides is 1. The number of para-hydroxylation sites is 1. The Balaban J connectivity index is 1.34. The molecule has 168 valence electrons. The number of aryl methyl sites for hydroxylation is 1. The van der Waals surface area contributed by atoms with E-state index in [2.05, 4.69) is 25.2 Å². The minimum absolute atomic E-state index is 0.0851. The summed E-state index contributed by atoms with van der Waals surface area (Å²) in [4.78, 5) is 8.67. The molecule has 2 N–H and O–H groups in total. The Labute approximate surface area is 189 Å². The topological polar surface area (TPSA) is 128 Å². The van der Waals surface area contributed by atoms with E-state index in [4.69, 9.17) is 14.0 Å². The maximum atomic E-state index is 12.7. The van der Waals surface area contributed by atoms with Crippen molar-refractivity contribution in [3.05, 3.63) is 66.1 Å². The first kappa shape index (κ1) is 20.8. The van der Waals surface area contributed by atoms with Crippen LogP contribution in [0.1, 0.15) is 11.3 Å². The molecule has 1 aliphatic rings. The summed E-state index contributed by atoms with van der Waals surface area (Å²) in [6, 6.07) is 13.6. The number of anilines is 3. The van der Waals surface area contributed by atoms with E-state index in [0.29, 0.717) is 40.0 Å². The number of nitrogens with zero attached hydrogens (tertiary/aromatic N) is 3. The summed E-state index contributed by atoms with van der Waals surface area (Å²) in [5.74, 6) is 1.95. The highest BCUT2D eigenvalue weighted by molar-refractivity contribution is 7.92. The minimum Gasteiger partial charge on any atom is -0.454 e. The molecule has 11 heteroatoms. The van der Waals surface area contributed by atoms with E-state index in [1.165, 1.54) is 18.5 Å². The third-order valence-electron chi connectivity index (χ3n) is 5.16. The van der Waals surface area contributed by atoms with Gasteiger partial charge in [-0.2, -0.15) is 0 Å². The zero-order valence-electron chi connectivity index (χ0n) is 17.7. The number of fused-ring (bicyclic) bond motifs is 1. The lowest BCUT2D eigenvalue weighted by molar-refractivity contribution is 0.174. The Kier molecular flexibility index (Phi) is 5.09. The third kappa shape index (κ3) is 4.05. The van der Waals surface area contributed by atoms with Crippen LogP contribution in [0, 0.1) is 13.8 Å². The predicted molar refractivity (Wildman–Crippen MR) is 120 cm³/mol. The SMILES string of the molecule is Cc1noc(NS(=O)(=O)c2ccc(Nc3cc(-c4cccc5c4OCO5)ncn3)cc2)c1C. The summed E-state index contributed by atoms with van der Waals surface area (Å²) in [6.45, 7) is 3.64. The van der Waals surface area contributed by atoms with Gasteiger partial charge in [0.2, 0.25) is 12.7 Å². The molecule has 3 heterocycles. The van der Waals surface area contributed by atoms with Crippen LogP contribution >= 0.6 is 0 Å². The lowest BCUT2D eigenvalue weighted by Crippen LogP contribution is -2.13. The van der Waals surface area contributed by atoms with Gasteiger partial charge in [0, 0.05) is 22.9 Å². The summed E-state index contributed by atoms with van der Waals surface area (Å²) >= 11 is 0. The summed E-state index contributed by atoms with van der Waals surface area (Å²) in [7, 11) is -3.82. The molecular weight excluding hydrogens is 446 g/mol. The van der Waals surface area contributed by atoms with Crippen molar-refractivity contribution in [2.24, 2.45) is 0 Å². The Hall–Kier alpha value is -4.12. The number of benzene rings is 2. The van der Waals surface area contributed by atoms with Crippen LogP contribution in [0.2, 0.25) is 0 Å². The molecule has 0 radical (unpaired) electrons. The van der Waals surface area contributed by atoms with Crippen molar-refractivity contribution in [2.75, 3.05) is 16.8 Å². The highest BCUT2D eigenvalue weighted by atomic mass is 32.2. The van der Waals surface area contributed by atoms with Gasteiger partial charge in [-0.25, -0.2) is 23.1 Å². The third-order valence-corrected chi connectivity index (χ3v) is 6.51. The van der Waals surface area contributed by atoms with Gasteiger partial charge < -0.3 is 19.3 Å². The molecule has 0 saturated heterocycles. The molecule has 4 aromatic rings. The molecular formula is C22H19N5O5S. The van der Waals surface area contributed by atoms with Crippen LogP contribution in [-0.4, -0.2) is 30.3 Å². The van der Waals surface area contributed by atoms with Gasteiger partial charge in [-0.15, -0.1) is 0 Å². The van der Waals surface area contributed by atoms with Crippen molar-refractivity contribution >= 4 is 27.4 Å². The average molecular weight is 465 g/mol. The van der Waals surface area contributed by atoms with Crippen LogP contribution in [0.5, 0.6) is 11.5 Å². The van der Waals surface area contributed by atoms with Gasteiger partial charge in [0.05, 0.1) is 16.3 Å². The van der Waals surface area contributed by atoms with Gasteiger partial charge >= 0.3 is 0 Å². The summed E-state index contributed by atoms with van der Waals surface area (Å²) < 4.78 is 43.8. The van der Waals surface area contributed by atoms with Gasteiger partial charge in [-0.1, -0.05) is 11.2 Å². The average Bonchev–Trinajstić information content (AvgIpc) is 3.41. The number of rotatable bonds is 6. The van der Waals surface area contributed by atoms with Gasteiger partial charge in [0.1, 0.15) is 12.1 Å². The van der Waals surface area contributed by atoms with Gasteiger partial charge in [0.25, 0.3) is 10.0 Å². The molecule has 2 aromatic carbocycles. The monoisotopic (exact) mass is 465 g/mol. The van der Waals surface area contributed by atoms with Crippen molar-refractivity contribution in [1.29, 1.82) is 0 Å². The molecule has 0 atom stereocenters. The fourth-order valence-corrected chi connectivity index (χ4v) is 4.31. The molecule has 0 aliphatic carbocycles. The standard InChI is InChI=1S/C22H19N5O5S/c1-13-14(2)26-32-22(13)27-33(28,29)16-8-6-15(7-9-16)25-20-10-18(23-11-24-20)17-4-3-5-19-21(17)31-12-30-19/h3-11,27H,12H2,1-2H3,(H,23,24,25). The number of ether oxygens (including phenoxy) is 2. The van der Waals surface area contributed by atoms with E-state index >= 15 is 0 Å². The quantitative estimate of drug-likeness (QED) is 0.434. The highest BCUT2D eigenvalue weighted by Crippen LogP contribution is 2.40. The van der Waals surface area contributed by atoms with Crippen molar-refractivity contribution < 1.29 is 22.4 Å². The molecule has 0 spiro atoms. The molecule has 0 saturated carbocycles. The summed E-state index contributed by atoms with van der Waals surface area (Å²) in [5, 5.41) is 6.92. The number of aromatic nitrogens is 3. The van der Waals surface area contributed by atoms with Gasteiger partial charge in [-0.05, 0) is 50.2 Å². The molecule has 0 bridgehead atoms. The van der Waals surface area contributed by atoms with Crippen molar-refractivity contribution in [3.63, 3.8) is 0 Å². The van der Waals surface area contributed by atoms with Crippen LogP contribution in [0.3, 0.4) is 0 Å². The second-order valence-corrected chi connectivity index (χ2v) is 8.99. The smallest absolute Gasteiger partial charge is 0.264 e. The molecule has 5 rings (SSSR count). The molecule has 1 aliphatic heterocycles. The van der Waals surface area contributed by atoms with Crippen molar-refractivity contribution in [1.82, 2.24) is 15.1 Å². The van der Waals surface area contributed by atoms with Crippen LogP contribution in [0.15, 0.2) is 64.3 Å². The fourth-order valence-electron chi connectivity index (χ4n) is 3.26. The van der Waals surface area contributed by atoms with Gasteiger partial charge in [-0.3, -0.25) is 0 Å². The maximum absolute atomic E-state index is 12.7. The zero-order valence-corrected chi connectivity index (χ0v) is 18.5. The minimum atomic E-state index is -3.82. The first-order chi connectivity index (χ1) is 15.9. The molecule has 0 amide bonds. The number of nitrogens with one attached hydrogen (secondary N) is 2. The zero-order chi connectivity index (χ0) is 23.0. The first-order valence-corrected chi connectivity index (χ1v) is 11.4. The first-order valence-electron chi connectivity index (χ1n) is 9.94. The van der Waals surface area contributed by atoms with E-state index in [9.17, 15) is 8.42 Å². The molecule has 33 heavy (non-hydrogen) atoms. The van der Waals surface area contributed by atoms with E-state index in [1.54, 1.807) is 32.0 Å². The normalized spacial score (nSPS) is 12.5. The van der Waals surface area contributed by atoms with E-state index < -0.39 is 10.0 Å². The summed E-state index contributed by atoms with van der Waals surface area (Å²) in [6.07, 6.45) is 1.44. The van der Waals surface area contributed by atoms with Crippen LogP contribution in [-0.2, 0) is 10.0 Å². The Bertz CT molecular complexity index is 1430. The summed E-state index contributed by atoms with van der Waals surface area (Å²) in [5.41, 5.74) is 3.37. The predicted octanol–water partition coefficient (Wildman–Crippen LogP) is 4.02. The van der Waals surface area contributed by atoms with Crippen molar-refractivity contribution in [3.8, 4) is 22.8 Å². The van der Waals surface area contributed by atoms with E-state index in [-0.39, 0.29) is 17.6 Å². The maximum Gasteiger partial charge on any atom is 0.264 e. The lowest BCUT2D eigenvalue weighted by Gasteiger charge is -2.10. The Morgan fingerprint density at radius 3 is 2.58 bits per heavy atom. The number of hydrogen-bond donors (Lipinski definition) is 2. The van der Waals surface area contributed by atoms with Crippen LogP contribution < -0.4 is 19.5 Å². The van der Waals surface area contributed by atoms with Crippen LogP contribution in [0.4, 0.5) is 17.4 Å².